The lowest BCUT2D eigenvalue weighted by atomic mass is 10.0. The Morgan fingerprint density at radius 3 is 2.32 bits per heavy atom. The van der Waals surface area contributed by atoms with Crippen LogP contribution in [0.5, 0.6) is 5.75 Å². The molecule has 1 aromatic carbocycles. The van der Waals surface area contributed by atoms with Crippen molar-refractivity contribution >= 4 is 16.9 Å². The first-order chi connectivity index (χ1) is 10.4. The molecule has 0 bridgehead atoms. The molecule has 1 aromatic heterocycles. The monoisotopic (exact) mass is 308 g/mol. The molecule has 0 spiro atoms. The number of carbonyl (C=O) groups is 1. The van der Waals surface area contributed by atoms with Gasteiger partial charge in [0.05, 0.1) is 5.52 Å². The van der Waals surface area contributed by atoms with Crippen molar-refractivity contribution in [3.8, 4) is 5.75 Å². The quantitative estimate of drug-likeness (QED) is 0.812. The summed E-state index contributed by atoms with van der Waals surface area (Å²) in [7, 11) is 1.88. The molecule has 22 heavy (non-hydrogen) atoms. The van der Waals surface area contributed by atoms with Gasteiger partial charge in [0.25, 0.3) is 0 Å². The summed E-state index contributed by atoms with van der Waals surface area (Å²) in [5, 5.41) is 19.3. The van der Waals surface area contributed by atoms with Crippen LogP contribution in [0.25, 0.3) is 10.9 Å². The first-order valence-corrected chi connectivity index (χ1v) is 7.67. The van der Waals surface area contributed by atoms with Crippen LogP contribution in [0.1, 0.15) is 39.0 Å². The van der Waals surface area contributed by atoms with Gasteiger partial charge >= 0.3 is 5.97 Å². The summed E-state index contributed by atoms with van der Waals surface area (Å²) in [6.07, 6.45) is 0.281. The molecule has 5 heteroatoms. The number of aromatic nitrogens is 1. The predicted octanol–water partition coefficient (Wildman–Crippen LogP) is 3.20. The van der Waals surface area contributed by atoms with Gasteiger partial charge in [0.2, 0.25) is 0 Å². The number of aromatic hydroxyl groups is 1. The number of phenols is 1. The van der Waals surface area contributed by atoms with E-state index in [1.54, 1.807) is 18.2 Å². The number of fused-ring (bicyclic) bond motifs is 1. The molecule has 5 nitrogen and oxygen atoms in total. The van der Waals surface area contributed by atoms with Crippen molar-refractivity contribution in [1.82, 2.24) is 4.57 Å². The van der Waals surface area contributed by atoms with E-state index in [1.165, 1.54) is 0 Å². The van der Waals surface area contributed by atoms with Crippen LogP contribution < -0.4 is 5.73 Å². The second-order valence-electron chi connectivity index (χ2n) is 4.47. The Labute approximate surface area is 132 Å². The van der Waals surface area contributed by atoms with E-state index in [9.17, 15) is 9.90 Å². The van der Waals surface area contributed by atoms with Gasteiger partial charge in [-0.05, 0) is 24.6 Å². The number of benzene rings is 1. The number of hydrogen-bond acceptors (Lipinski definition) is 3. The van der Waals surface area contributed by atoms with Crippen molar-refractivity contribution in [2.75, 3.05) is 0 Å². The molecule has 0 saturated carbocycles. The number of carboxylic acid groups (broad SMARTS) is 1. The van der Waals surface area contributed by atoms with Gasteiger partial charge in [-0.15, -0.1) is 0 Å². The zero-order chi connectivity index (χ0) is 17.4. The fraction of sp³-hybridized carbons (Fsp3) is 0.471. The van der Waals surface area contributed by atoms with Gasteiger partial charge in [0.1, 0.15) is 11.8 Å². The summed E-state index contributed by atoms with van der Waals surface area (Å²) in [4.78, 5) is 10.8. The van der Waals surface area contributed by atoms with Crippen LogP contribution in [0.4, 0.5) is 0 Å². The van der Waals surface area contributed by atoms with Crippen molar-refractivity contribution in [1.29, 1.82) is 0 Å². The highest BCUT2D eigenvalue weighted by molar-refractivity contribution is 5.87. The van der Waals surface area contributed by atoms with Crippen molar-refractivity contribution < 1.29 is 15.0 Å². The normalized spacial score (nSPS) is 11.0. The van der Waals surface area contributed by atoms with Crippen LogP contribution in [0.3, 0.4) is 0 Å². The van der Waals surface area contributed by atoms with Gasteiger partial charge in [0, 0.05) is 30.6 Å². The molecule has 4 N–H and O–H groups in total. The third kappa shape index (κ3) is 4.24. The molecular weight excluding hydrogens is 280 g/mol. The fourth-order valence-electron chi connectivity index (χ4n) is 2.20. The second kappa shape index (κ2) is 9.10. The maximum atomic E-state index is 10.8. The van der Waals surface area contributed by atoms with Crippen molar-refractivity contribution in [3.05, 3.63) is 29.5 Å². The lowest BCUT2D eigenvalue weighted by Gasteiger charge is -2.07. The van der Waals surface area contributed by atoms with Crippen LogP contribution in [-0.4, -0.2) is 26.8 Å². The molecule has 124 valence electrons. The van der Waals surface area contributed by atoms with Crippen LogP contribution in [0.15, 0.2) is 18.2 Å². The largest absolute Gasteiger partial charge is 0.508 e. The summed E-state index contributed by atoms with van der Waals surface area (Å²) < 4.78 is 1.93. The smallest absolute Gasteiger partial charge is 0.320 e. The number of carboxylic acids is 1. The first-order valence-electron chi connectivity index (χ1n) is 7.67. The number of hydrogen-bond donors (Lipinski definition) is 3. The van der Waals surface area contributed by atoms with E-state index in [-0.39, 0.29) is 12.2 Å². The van der Waals surface area contributed by atoms with E-state index in [4.69, 9.17) is 10.8 Å². The molecule has 1 unspecified atom stereocenters. The Hall–Kier alpha value is -2.01. The summed E-state index contributed by atoms with van der Waals surface area (Å²) >= 11 is 0. The Morgan fingerprint density at radius 2 is 1.82 bits per heavy atom. The van der Waals surface area contributed by atoms with Gasteiger partial charge in [-0.2, -0.15) is 0 Å². The molecule has 0 aliphatic rings. The summed E-state index contributed by atoms with van der Waals surface area (Å²) in [6.45, 7) is 9.92. The zero-order valence-electron chi connectivity index (χ0n) is 14.3. The van der Waals surface area contributed by atoms with Gasteiger partial charge in [0.15, 0.2) is 0 Å². The number of rotatable bonds is 3. The summed E-state index contributed by atoms with van der Waals surface area (Å²) in [5.41, 5.74) is 8.35. The SMILES string of the molecule is CC.CC.Cc1c(CC(N)C(=O)O)c2ccc(O)cc2n1C. The predicted molar refractivity (Wildman–Crippen MR) is 91.3 cm³/mol. The highest BCUT2D eigenvalue weighted by Gasteiger charge is 2.18. The summed E-state index contributed by atoms with van der Waals surface area (Å²) in [6, 6.07) is 4.14. The number of aryl methyl sites for hydroxylation is 1. The first kappa shape index (κ1) is 20.0. The van der Waals surface area contributed by atoms with Gasteiger partial charge in [-0.3, -0.25) is 4.79 Å². The lowest BCUT2D eigenvalue weighted by molar-refractivity contribution is -0.138. The molecule has 0 fully saturated rings. The molecule has 0 aliphatic heterocycles. The molecule has 0 amide bonds. The minimum Gasteiger partial charge on any atom is -0.508 e. The van der Waals surface area contributed by atoms with Gasteiger partial charge < -0.3 is 20.5 Å². The molecule has 0 radical (unpaired) electrons. The Morgan fingerprint density at radius 1 is 1.27 bits per heavy atom. The number of nitrogens with zero attached hydrogens (tertiary/aromatic N) is 1. The average molecular weight is 308 g/mol. The fourth-order valence-corrected chi connectivity index (χ4v) is 2.20. The lowest BCUT2D eigenvalue weighted by Crippen LogP contribution is -2.32. The van der Waals surface area contributed by atoms with Crippen LogP contribution in [0.2, 0.25) is 0 Å². The second-order valence-corrected chi connectivity index (χ2v) is 4.47. The van der Waals surface area contributed by atoms with Crippen molar-refractivity contribution in [2.24, 2.45) is 12.8 Å². The maximum absolute atomic E-state index is 10.8. The van der Waals surface area contributed by atoms with E-state index in [2.05, 4.69) is 0 Å². The Balaban J connectivity index is 0.00000102. The van der Waals surface area contributed by atoms with E-state index >= 15 is 0 Å². The highest BCUT2D eigenvalue weighted by Crippen LogP contribution is 2.28. The molecule has 1 atom stereocenters. The molecule has 0 saturated heterocycles. The standard InChI is InChI=1S/C13H16N2O3.2C2H6/c1-7-10(6-11(14)13(17)18)9-4-3-8(16)5-12(9)15(7)2;2*1-2/h3-5,11,16H,6,14H2,1-2H3,(H,17,18);2*1-2H3. The molecule has 0 aliphatic carbocycles. The van der Waals surface area contributed by atoms with E-state index in [0.29, 0.717) is 0 Å². The number of nitrogens with two attached hydrogens (primary N) is 1. The van der Waals surface area contributed by atoms with Crippen LogP contribution in [-0.2, 0) is 18.3 Å². The van der Waals surface area contributed by atoms with Gasteiger partial charge in [-0.25, -0.2) is 0 Å². The average Bonchev–Trinajstić information content (AvgIpc) is 2.76. The molecule has 1 heterocycles. The van der Waals surface area contributed by atoms with Crippen molar-refractivity contribution in [2.45, 2.75) is 47.1 Å². The Bertz CT molecular complexity index is 618. The topological polar surface area (TPSA) is 88.5 Å². The third-order valence-electron chi connectivity index (χ3n) is 3.35. The zero-order valence-corrected chi connectivity index (χ0v) is 14.3. The molecular formula is C17H28N2O3. The minimum absolute atomic E-state index is 0.192. The Kier molecular flexibility index (Phi) is 8.27. The van der Waals surface area contributed by atoms with Crippen LogP contribution in [0, 0.1) is 6.92 Å². The number of phenolic OH excluding ortho intramolecular Hbond substituents is 1. The maximum Gasteiger partial charge on any atom is 0.320 e. The van der Waals surface area contributed by atoms with E-state index in [0.717, 1.165) is 22.2 Å². The van der Waals surface area contributed by atoms with Crippen molar-refractivity contribution in [3.63, 3.8) is 0 Å². The van der Waals surface area contributed by atoms with E-state index in [1.807, 2.05) is 46.2 Å². The van der Waals surface area contributed by atoms with Crippen LogP contribution >= 0.6 is 0 Å². The van der Waals surface area contributed by atoms with E-state index < -0.39 is 12.0 Å². The third-order valence-corrected chi connectivity index (χ3v) is 3.35. The van der Waals surface area contributed by atoms with Gasteiger partial charge in [-0.1, -0.05) is 27.7 Å². The number of aliphatic carboxylic acids is 1. The molecule has 2 rings (SSSR count). The summed E-state index contributed by atoms with van der Waals surface area (Å²) in [5.74, 6) is -0.817. The highest BCUT2D eigenvalue weighted by atomic mass is 16.4. The minimum atomic E-state index is -1.01. The molecule has 2 aromatic rings.